The Bertz CT molecular complexity index is 769. The van der Waals surface area contributed by atoms with Crippen molar-refractivity contribution in [1.82, 2.24) is 9.80 Å². The Balaban J connectivity index is 1.87. The van der Waals surface area contributed by atoms with E-state index in [4.69, 9.17) is 4.74 Å². The van der Waals surface area contributed by atoms with Crippen molar-refractivity contribution in [3.8, 4) is 0 Å². The number of amides is 3. The van der Waals surface area contributed by atoms with E-state index in [1.165, 1.54) is 0 Å². The van der Waals surface area contributed by atoms with Crippen LogP contribution in [-0.4, -0.2) is 53.4 Å². The van der Waals surface area contributed by atoms with Gasteiger partial charge in [0.05, 0.1) is 5.69 Å². The van der Waals surface area contributed by atoms with E-state index in [2.05, 4.69) is 0 Å². The molecule has 0 radical (unpaired) electrons. The van der Waals surface area contributed by atoms with E-state index in [0.717, 1.165) is 30.4 Å². The number of benzene rings is 1. The second-order valence-electron chi connectivity index (χ2n) is 8.00. The number of carbonyl (C=O) groups is 3. The van der Waals surface area contributed by atoms with E-state index in [0.29, 0.717) is 37.4 Å². The number of urea groups is 1. The summed E-state index contributed by atoms with van der Waals surface area (Å²) in [5.41, 5.74) is 2.41. The molecule has 0 aromatic heterocycles. The maximum absolute atomic E-state index is 12.7. The van der Waals surface area contributed by atoms with Crippen LogP contribution in [0.15, 0.2) is 12.1 Å². The summed E-state index contributed by atoms with van der Waals surface area (Å²) >= 11 is 0. The van der Waals surface area contributed by atoms with Gasteiger partial charge in [-0.25, -0.2) is 9.59 Å². The largest absolute Gasteiger partial charge is 0.444 e. The van der Waals surface area contributed by atoms with Gasteiger partial charge in [0.1, 0.15) is 5.60 Å². The lowest BCUT2D eigenvalue weighted by Crippen LogP contribution is -2.49. The maximum atomic E-state index is 12.7. The number of carbonyl (C=O) groups excluding carboxylic acids is 3. The molecule has 0 spiro atoms. The van der Waals surface area contributed by atoms with Crippen LogP contribution in [0.4, 0.5) is 15.3 Å². The fourth-order valence-corrected chi connectivity index (χ4v) is 3.54. The Morgan fingerprint density at radius 1 is 1.19 bits per heavy atom. The van der Waals surface area contributed by atoms with E-state index in [9.17, 15) is 14.4 Å². The molecule has 1 fully saturated rings. The van der Waals surface area contributed by atoms with Crippen LogP contribution in [0, 0.1) is 0 Å². The summed E-state index contributed by atoms with van der Waals surface area (Å²) < 4.78 is 5.45. The van der Waals surface area contributed by atoms with E-state index in [-0.39, 0.29) is 12.1 Å². The first-order valence-electron chi connectivity index (χ1n) is 9.39. The fourth-order valence-electron chi connectivity index (χ4n) is 3.54. The quantitative estimate of drug-likeness (QED) is 0.762. The molecule has 27 heavy (non-hydrogen) atoms. The fraction of sp³-hybridized carbons (Fsp3) is 0.550. The highest BCUT2D eigenvalue weighted by molar-refractivity contribution is 5.98. The molecule has 1 aromatic carbocycles. The summed E-state index contributed by atoms with van der Waals surface area (Å²) in [6, 6.07) is 3.59. The summed E-state index contributed by atoms with van der Waals surface area (Å²) in [6.07, 6.45) is 1.27. The molecular weight excluding hydrogens is 346 g/mol. The first kappa shape index (κ1) is 19.2. The van der Waals surface area contributed by atoms with Crippen molar-refractivity contribution in [2.24, 2.45) is 0 Å². The highest BCUT2D eigenvalue weighted by atomic mass is 16.6. The molecule has 3 amide bonds. The van der Waals surface area contributed by atoms with Gasteiger partial charge in [-0.2, -0.15) is 0 Å². The van der Waals surface area contributed by atoms with Gasteiger partial charge in [0.2, 0.25) is 0 Å². The van der Waals surface area contributed by atoms with Gasteiger partial charge in [-0.3, -0.25) is 14.6 Å². The summed E-state index contributed by atoms with van der Waals surface area (Å²) in [5, 5.41) is 0. The van der Waals surface area contributed by atoms with Crippen molar-refractivity contribution in [3.63, 3.8) is 0 Å². The number of rotatable bonds is 3. The average molecular weight is 373 g/mol. The normalized spacial score (nSPS) is 17.2. The standard InChI is InChI=1S/C20H27N3O4/c1-5-21-7-6-8-23(18(21)25)17-10-15-12-22(19(26)27-20(2,3)4)11-14(15)9-16(17)13-24/h9-10,13H,5-8,11-12H2,1-4H3. The summed E-state index contributed by atoms with van der Waals surface area (Å²) in [4.78, 5) is 41.8. The lowest BCUT2D eigenvalue weighted by atomic mass is 10.0. The Morgan fingerprint density at radius 2 is 1.85 bits per heavy atom. The van der Waals surface area contributed by atoms with Gasteiger partial charge in [0.15, 0.2) is 6.29 Å². The van der Waals surface area contributed by atoms with Gasteiger partial charge in [-0.15, -0.1) is 0 Å². The molecule has 0 N–H and O–H groups in total. The number of nitrogens with zero attached hydrogens (tertiary/aromatic N) is 3. The Morgan fingerprint density at radius 3 is 2.44 bits per heavy atom. The van der Waals surface area contributed by atoms with Crippen molar-refractivity contribution in [2.75, 3.05) is 24.5 Å². The number of anilines is 1. The average Bonchev–Trinajstić information content (AvgIpc) is 3.02. The van der Waals surface area contributed by atoms with E-state index >= 15 is 0 Å². The van der Waals surface area contributed by atoms with E-state index in [1.54, 1.807) is 20.8 Å². The molecule has 1 saturated heterocycles. The molecule has 0 unspecified atom stereocenters. The molecule has 2 aliphatic heterocycles. The molecule has 2 aliphatic rings. The predicted molar refractivity (Wildman–Crippen MR) is 102 cm³/mol. The minimum atomic E-state index is -0.561. The molecule has 0 bridgehead atoms. The second kappa shape index (κ2) is 7.21. The zero-order chi connectivity index (χ0) is 19.8. The molecule has 7 nitrogen and oxygen atoms in total. The van der Waals surface area contributed by atoms with Crippen LogP contribution in [-0.2, 0) is 17.8 Å². The smallest absolute Gasteiger partial charge is 0.410 e. The third kappa shape index (κ3) is 3.91. The summed E-state index contributed by atoms with van der Waals surface area (Å²) in [5.74, 6) is 0. The highest BCUT2D eigenvalue weighted by Crippen LogP contribution is 2.32. The zero-order valence-electron chi connectivity index (χ0n) is 16.4. The minimum absolute atomic E-state index is 0.0752. The third-order valence-corrected chi connectivity index (χ3v) is 4.83. The van der Waals surface area contributed by atoms with E-state index in [1.807, 2.05) is 33.8 Å². The van der Waals surface area contributed by atoms with E-state index < -0.39 is 5.60 Å². The summed E-state index contributed by atoms with van der Waals surface area (Å²) in [7, 11) is 0. The SMILES string of the molecule is CCN1CCCN(c2cc3c(cc2C=O)CN(C(=O)OC(C)(C)C)C3)C1=O. The number of hydrogen-bond acceptors (Lipinski definition) is 4. The monoisotopic (exact) mass is 373 g/mol. The lowest BCUT2D eigenvalue weighted by Gasteiger charge is -2.35. The van der Waals surface area contributed by atoms with Gasteiger partial charge in [0.25, 0.3) is 0 Å². The molecule has 0 aliphatic carbocycles. The topological polar surface area (TPSA) is 70.2 Å². The van der Waals surface area contributed by atoms with Crippen molar-refractivity contribution in [1.29, 1.82) is 0 Å². The molecule has 146 valence electrons. The molecule has 2 heterocycles. The molecule has 0 atom stereocenters. The van der Waals surface area contributed by atoms with Gasteiger partial charge < -0.3 is 9.64 Å². The predicted octanol–water partition coefficient (Wildman–Crippen LogP) is 3.40. The number of hydrogen-bond donors (Lipinski definition) is 0. The van der Waals surface area contributed by atoms with Crippen molar-refractivity contribution < 1.29 is 19.1 Å². The number of ether oxygens (including phenoxy) is 1. The molecule has 1 aromatic rings. The lowest BCUT2D eigenvalue weighted by molar-refractivity contribution is 0.0241. The van der Waals surface area contributed by atoms with Crippen molar-refractivity contribution in [2.45, 2.75) is 52.8 Å². The first-order chi connectivity index (χ1) is 12.7. The van der Waals surface area contributed by atoms with Crippen molar-refractivity contribution >= 4 is 24.1 Å². The highest BCUT2D eigenvalue weighted by Gasteiger charge is 2.32. The van der Waals surface area contributed by atoms with Crippen LogP contribution in [0.5, 0.6) is 0 Å². The first-order valence-corrected chi connectivity index (χ1v) is 9.39. The number of fused-ring (bicyclic) bond motifs is 1. The van der Waals surface area contributed by atoms with Crippen molar-refractivity contribution in [3.05, 3.63) is 28.8 Å². The van der Waals surface area contributed by atoms with Crippen LogP contribution >= 0.6 is 0 Å². The second-order valence-corrected chi connectivity index (χ2v) is 8.00. The molecule has 0 saturated carbocycles. The Hall–Kier alpha value is -2.57. The Labute approximate surface area is 159 Å². The third-order valence-electron chi connectivity index (χ3n) is 4.83. The Kier molecular flexibility index (Phi) is 5.13. The van der Waals surface area contributed by atoms with Crippen LogP contribution in [0.2, 0.25) is 0 Å². The van der Waals surface area contributed by atoms with Gasteiger partial charge >= 0.3 is 12.1 Å². The van der Waals surface area contributed by atoms with Crippen LogP contribution in [0.25, 0.3) is 0 Å². The minimum Gasteiger partial charge on any atom is -0.444 e. The van der Waals surface area contributed by atoms with Gasteiger partial charge in [-0.05, 0) is 57.4 Å². The zero-order valence-corrected chi connectivity index (χ0v) is 16.4. The molecule has 3 rings (SSSR count). The molecule has 7 heteroatoms. The van der Waals surface area contributed by atoms with Gasteiger partial charge in [-0.1, -0.05) is 0 Å². The van der Waals surface area contributed by atoms with Crippen LogP contribution in [0.1, 0.15) is 55.6 Å². The van der Waals surface area contributed by atoms with Crippen LogP contribution < -0.4 is 4.90 Å². The van der Waals surface area contributed by atoms with Crippen LogP contribution in [0.3, 0.4) is 0 Å². The summed E-state index contributed by atoms with van der Waals surface area (Å²) in [6.45, 7) is 10.2. The molecular formula is C20H27N3O4. The maximum Gasteiger partial charge on any atom is 0.410 e. The number of aldehydes is 1. The van der Waals surface area contributed by atoms with Gasteiger partial charge in [0, 0.05) is 38.3 Å².